The summed E-state index contributed by atoms with van der Waals surface area (Å²) in [6.45, 7) is 2.41. The molecule has 1 saturated heterocycles. The lowest BCUT2D eigenvalue weighted by Gasteiger charge is -2.28. The van der Waals surface area contributed by atoms with Gasteiger partial charge in [-0.2, -0.15) is 13.2 Å². The maximum Gasteiger partial charge on any atom is 0.416 e. The Morgan fingerprint density at radius 3 is 2.35 bits per heavy atom. The van der Waals surface area contributed by atoms with Crippen LogP contribution < -0.4 is 21.1 Å². The van der Waals surface area contributed by atoms with Crippen LogP contribution in [0.15, 0.2) is 59.4 Å². The van der Waals surface area contributed by atoms with E-state index in [2.05, 4.69) is 15.6 Å². The van der Waals surface area contributed by atoms with Gasteiger partial charge in [0.15, 0.2) is 0 Å². The van der Waals surface area contributed by atoms with Crippen molar-refractivity contribution in [2.45, 2.75) is 6.18 Å². The Morgan fingerprint density at radius 2 is 1.68 bits per heavy atom. The van der Waals surface area contributed by atoms with E-state index in [1.807, 2.05) is 4.90 Å². The van der Waals surface area contributed by atoms with E-state index in [9.17, 15) is 22.8 Å². The number of carbonyl (C=O) groups excluding carboxylic acids is 1. The van der Waals surface area contributed by atoms with Gasteiger partial charge >= 0.3 is 12.2 Å². The Morgan fingerprint density at radius 1 is 1.00 bits per heavy atom. The summed E-state index contributed by atoms with van der Waals surface area (Å²) in [4.78, 5) is 31.3. The molecule has 1 aliphatic heterocycles. The normalized spacial score (nSPS) is 14.1. The number of nitrogens with zero attached hydrogens (tertiary/aromatic N) is 3. The van der Waals surface area contributed by atoms with Gasteiger partial charge in [0, 0.05) is 43.1 Å². The molecular weight excluding hydrogens is 451 g/mol. The maximum absolute atomic E-state index is 12.9. The lowest BCUT2D eigenvalue weighted by atomic mass is 10.2. The minimum absolute atomic E-state index is 0.0167. The molecule has 3 aromatic rings. The molecule has 0 bridgehead atoms. The molecule has 4 rings (SSSR count). The number of rotatable bonds is 4. The molecule has 34 heavy (non-hydrogen) atoms. The molecule has 0 spiro atoms. The van der Waals surface area contributed by atoms with Crippen molar-refractivity contribution in [3.63, 3.8) is 0 Å². The van der Waals surface area contributed by atoms with Crippen molar-refractivity contribution in [1.29, 1.82) is 0 Å². The number of hydrogen-bond donors (Lipinski definition) is 2. The van der Waals surface area contributed by atoms with Crippen molar-refractivity contribution < 1.29 is 22.7 Å². The van der Waals surface area contributed by atoms with Gasteiger partial charge in [0.05, 0.1) is 18.8 Å². The van der Waals surface area contributed by atoms with E-state index < -0.39 is 17.8 Å². The Kier molecular flexibility index (Phi) is 6.55. The monoisotopic (exact) mass is 473 g/mol. The van der Waals surface area contributed by atoms with Crippen LogP contribution >= 0.6 is 0 Å². The van der Waals surface area contributed by atoms with E-state index in [1.54, 1.807) is 31.3 Å². The van der Waals surface area contributed by atoms with Gasteiger partial charge in [-0.15, -0.1) is 0 Å². The minimum atomic E-state index is -4.50. The zero-order chi connectivity index (χ0) is 24.3. The molecule has 2 heterocycles. The van der Waals surface area contributed by atoms with E-state index in [-0.39, 0.29) is 11.2 Å². The predicted molar refractivity (Wildman–Crippen MR) is 122 cm³/mol. The number of hydrogen-bond acceptors (Lipinski definition) is 5. The molecule has 0 aliphatic carbocycles. The van der Waals surface area contributed by atoms with Crippen molar-refractivity contribution in [1.82, 2.24) is 9.55 Å². The highest BCUT2D eigenvalue weighted by atomic mass is 19.4. The van der Waals surface area contributed by atoms with Gasteiger partial charge in [-0.1, -0.05) is 6.07 Å². The first kappa shape index (κ1) is 23.3. The van der Waals surface area contributed by atoms with Crippen LogP contribution in [-0.4, -0.2) is 41.9 Å². The van der Waals surface area contributed by atoms with Crippen LogP contribution in [-0.2, 0) is 18.0 Å². The lowest BCUT2D eigenvalue weighted by Crippen LogP contribution is -2.38. The molecule has 178 valence electrons. The molecule has 2 N–H and O–H groups in total. The largest absolute Gasteiger partial charge is 0.416 e. The maximum atomic E-state index is 12.9. The molecule has 2 aromatic carbocycles. The first-order valence-corrected chi connectivity index (χ1v) is 10.5. The van der Waals surface area contributed by atoms with Crippen molar-refractivity contribution in [3.05, 3.63) is 70.5 Å². The Hall–Kier alpha value is -3.86. The lowest BCUT2D eigenvalue weighted by molar-refractivity contribution is -0.137. The number of morpholine rings is 1. The Labute approximate surface area is 193 Å². The highest BCUT2D eigenvalue weighted by Crippen LogP contribution is 2.30. The molecule has 0 saturated carbocycles. The number of amides is 2. The number of urea groups is 1. The van der Waals surface area contributed by atoms with Gasteiger partial charge in [0.1, 0.15) is 11.6 Å². The summed E-state index contributed by atoms with van der Waals surface area (Å²) in [5, 5.41) is 4.96. The summed E-state index contributed by atoms with van der Waals surface area (Å²) in [7, 11) is 1.63. The van der Waals surface area contributed by atoms with Crippen LogP contribution in [0.4, 0.5) is 35.2 Å². The van der Waals surface area contributed by atoms with Crippen LogP contribution in [0.3, 0.4) is 0 Å². The molecule has 0 radical (unpaired) electrons. The fraction of sp³-hybridized carbons (Fsp3) is 0.261. The summed E-state index contributed by atoms with van der Waals surface area (Å²) in [5.74, 6) is 1.04. The molecular formula is C23H22F3N5O3. The van der Waals surface area contributed by atoms with E-state index in [4.69, 9.17) is 4.74 Å². The first-order valence-electron chi connectivity index (χ1n) is 10.5. The second-order valence-electron chi connectivity index (χ2n) is 7.67. The minimum Gasteiger partial charge on any atom is -0.378 e. The van der Waals surface area contributed by atoms with Gasteiger partial charge in [-0.25, -0.2) is 9.78 Å². The van der Waals surface area contributed by atoms with Gasteiger partial charge < -0.3 is 20.3 Å². The van der Waals surface area contributed by atoms with Crippen LogP contribution in [0.5, 0.6) is 0 Å². The fourth-order valence-corrected chi connectivity index (χ4v) is 3.51. The second-order valence-corrected chi connectivity index (χ2v) is 7.67. The van der Waals surface area contributed by atoms with Gasteiger partial charge in [0.2, 0.25) is 0 Å². The Bertz CT molecular complexity index is 1240. The number of anilines is 3. The fourth-order valence-electron chi connectivity index (χ4n) is 3.51. The molecule has 0 unspecified atom stereocenters. The van der Waals surface area contributed by atoms with Gasteiger partial charge in [-0.05, 0) is 42.5 Å². The molecule has 2 amide bonds. The average molecular weight is 473 g/mol. The van der Waals surface area contributed by atoms with Crippen molar-refractivity contribution in [3.8, 4) is 11.4 Å². The van der Waals surface area contributed by atoms with Crippen LogP contribution in [0.2, 0.25) is 0 Å². The van der Waals surface area contributed by atoms with E-state index in [0.29, 0.717) is 49.2 Å². The van der Waals surface area contributed by atoms with Crippen LogP contribution in [0, 0.1) is 0 Å². The number of nitrogens with one attached hydrogen (secondary N) is 2. The summed E-state index contributed by atoms with van der Waals surface area (Å²) >= 11 is 0. The van der Waals surface area contributed by atoms with Crippen molar-refractivity contribution >= 4 is 23.2 Å². The number of aromatic nitrogens is 2. The van der Waals surface area contributed by atoms with Gasteiger partial charge in [-0.3, -0.25) is 9.36 Å². The number of carbonyl (C=O) groups is 1. The first-order chi connectivity index (χ1) is 16.2. The number of halogens is 3. The van der Waals surface area contributed by atoms with E-state index in [0.717, 1.165) is 12.1 Å². The molecule has 1 fully saturated rings. The predicted octanol–water partition coefficient (Wildman–Crippen LogP) is 3.95. The zero-order valence-electron chi connectivity index (χ0n) is 18.2. The highest BCUT2D eigenvalue weighted by molar-refractivity contribution is 5.99. The molecule has 8 nitrogen and oxygen atoms in total. The standard InChI is InChI=1S/C23H22F3N5O3/c1-30-20(32)14-19(31-9-11-34-12-10-31)29-21(30)15-5-7-17(8-6-15)27-22(33)28-18-4-2-3-16(13-18)23(24,25)26/h2-8,13-14H,9-12H2,1H3,(H2,27,28,33). The molecule has 1 aromatic heterocycles. The second kappa shape index (κ2) is 9.56. The smallest absolute Gasteiger partial charge is 0.378 e. The third-order valence-electron chi connectivity index (χ3n) is 5.31. The number of alkyl halides is 3. The highest BCUT2D eigenvalue weighted by Gasteiger charge is 2.30. The zero-order valence-corrected chi connectivity index (χ0v) is 18.2. The topological polar surface area (TPSA) is 88.5 Å². The molecule has 0 atom stereocenters. The Balaban J connectivity index is 1.48. The molecule has 11 heteroatoms. The summed E-state index contributed by atoms with van der Waals surface area (Å²) < 4.78 is 45.3. The van der Waals surface area contributed by atoms with E-state index >= 15 is 0 Å². The van der Waals surface area contributed by atoms with E-state index in [1.165, 1.54) is 22.8 Å². The third kappa shape index (κ3) is 5.37. The summed E-state index contributed by atoms with van der Waals surface area (Å²) in [6, 6.07) is 11.8. The summed E-state index contributed by atoms with van der Waals surface area (Å²) in [6.07, 6.45) is -4.50. The van der Waals surface area contributed by atoms with Crippen molar-refractivity contribution in [2.24, 2.45) is 7.05 Å². The van der Waals surface area contributed by atoms with Crippen LogP contribution in [0.1, 0.15) is 5.56 Å². The average Bonchev–Trinajstić information content (AvgIpc) is 2.81. The third-order valence-corrected chi connectivity index (χ3v) is 5.31. The van der Waals surface area contributed by atoms with Crippen LogP contribution in [0.25, 0.3) is 11.4 Å². The van der Waals surface area contributed by atoms with Gasteiger partial charge in [0.25, 0.3) is 5.56 Å². The SMILES string of the molecule is Cn1c(-c2ccc(NC(=O)Nc3cccc(C(F)(F)F)c3)cc2)nc(N2CCOCC2)cc1=O. The quantitative estimate of drug-likeness (QED) is 0.599. The summed E-state index contributed by atoms with van der Waals surface area (Å²) in [5.41, 5.74) is 0.0467. The number of ether oxygens (including phenoxy) is 1. The number of benzene rings is 2. The molecule has 1 aliphatic rings. The van der Waals surface area contributed by atoms with Crippen molar-refractivity contribution in [2.75, 3.05) is 41.8 Å².